The molecule has 106 valence electrons. The van der Waals surface area contributed by atoms with Gasteiger partial charge in [0.25, 0.3) is 0 Å². The highest BCUT2D eigenvalue weighted by Gasteiger charge is 2.07. The summed E-state index contributed by atoms with van der Waals surface area (Å²) in [4.78, 5) is 0. The van der Waals surface area contributed by atoms with Gasteiger partial charge in [0, 0.05) is 18.7 Å². The summed E-state index contributed by atoms with van der Waals surface area (Å²) >= 11 is 0. The molecule has 0 atom stereocenters. The highest BCUT2D eigenvalue weighted by molar-refractivity contribution is 5.68. The van der Waals surface area contributed by atoms with Crippen LogP contribution in [0.5, 0.6) is 5.75 Å². The molecule has 2 aromatic rings. The van der Waals surface area contributed by atoms with Crippen molar-refractivity contribution in [1.82, 2.24) is 0 Å². The lowest BCUT2D eigenvalue weighted by atomic mass is 10.1. The molecule has 3 nitrogen and oxygen atoms in total. The third-order valence-electron chi connectivity index (χ3n) is 2.97. The highest BCUT2D eigenvalue weighted by atomic mass is 19.1. The number of benzene rings is 2. The molecule has 5 heteroatoms. The zero-order chi connectivity index (χ0) is 14.5. The van der Waals surface area contributed by atoms with Crippen LogP contribution in [0, 0.1) is 11.6 Å². The molecule has 0 unspecified atom stereocenters. The molecule has 0 saturated heterocycles. The number of methoxy groups -OCH3 is 1. The van der Waals surface area contributed by atoms with Gasteiger partial charge in [-0.2, -0.15) is 0 Å². The van der Waals surface area contributed by atoms with E-state index in [0.717, 1.165) is 5.56 Å². The second-order valence-corrected chi connectivity index (χ2v) is 4.38. The summed E-state index contributed by atoms with van der Waals surface area (Å²) in [6.45, 7) is 0.602. The molecule has 0 aliphatic rings. The summed E-state index contributed by atoms with van der Waals surface area (Å²) in [5.74, 6) is -0.605. The SMILES string of the molecule is COc1cc(NCCc2ccc(F)cc2)c(N)cc1F. The highest BCUT2D eigenvalue weighted by Crippen LogP contribution is 2.27. The molecular formula is C15H16F2N2O. The topological polar surface area (TPSA) is 47.3 Å². The van der Waals surface area contributed by atoms with Crippen LogP contribution < -0.4 is 15.8 Å². The molecule has 20 heavy (non-hydrogen) atoms. The van der Waals surface area contributed by atoms with Gasteiger partial charge in [-0.3, -0.25) is 0 Å². The van der Waals surface area contributed by atoms with Gasteiger partial charge >= 0.3 is 0 Å². The maximum atomic E-state index is 13.4. The largest absolute Gasteiger partial charge is 0.494 e. The third-order valence-corrected chi connectivity index (χ3v) is 2.97. The minimum absolute atomic E-state index is 0.142. The van der Waals surface area contributed by atoms with Crippen molar-refractivity contribution in [2.45, 2.75) is 6.42 Å². The van der Waals surface area contributed by atoms with E-state index in [4.69, 9.17) is 10.5 Å². The van der Waals surface area contributed by atoms with Gasteiger partial charge < -0.3 is 15.8 Å². The molecule has 0 fully saturated rings. The van der Waals surface area contributed by atoms with Gasteiger partial charge in [-0.1, -0.05) is 12.1 Å². The molecule has 2 rings (SSSR count). The number of anilines is 2. The molecule has 0 aliphatic carbocycles. The number of halogens is 2. The van der Waals surface area contributed by atoms with Crippen LogP contribution in [-0.2, 0) is 6.42 Å². The number of nitrogen functional groups attached to an aromatic ring is 1. The van der Waals surface area contributed by atoms with E-state index in [1.54, 1.807) is 12.1 Å². The van der Waals surface area contributed by atoms with Gasteiger partial charge in [0.15, 0.2) is 11.6 Å². The van der Waals surface area contributed by atoms with Gasteiger partial charge in [0.1, 0.15) is 5.82 Å². The number of ether oxygens (including phenoxy) is 1. The van der Waals surface area contributed by atoms with Gasteiger partial charge in [0.05, 0.1) is 18.5 Å². The zero-order valence-corrected chi connectivity index (χ0v) is 11.1. The molecule has 0 saturated carbocycles. The predicted molar refractivity (Wildman–Crippen MR) is 76.0 cm³/mol. The van der Waals surface area contributed by atoms with Crippen LogP contribution in [0.4, 0.5) is 20.2 Å². The predicted octanol–water partition coefficient (Wildman–Crippen LogP) is 3.21. The molecule has 3 N–H and O–H groups in total. The maximum absolute atomic E-state index is 13.4. The molecule has 0 aliphatic heterocycles. The molecule has 0 spiro atoms. The molecule has 0 radical (unpaired) electrons. The third kappa shape index (κ3) is 3.38. The number of nitrogens with one attached hydrogen (secondary N) is 1. The smallest absolute Gasteiger partial charge is 0.167 e. The Morgan fingerprint density at radius 2 is 1.85 bits per heavy atom. The van der Waals surface area contributed by atoms with Crippen molar-refractivity contribution in [3.63, 3.8) is 0 Å². The van der Waals surface area contributed by atoms with E-state index in [9.17, 15) is 8.78 Å². The maximum Gasteiger partial charge on any atom is 0.167 e. The lowest BCUT2D eigenvalue weighted by Crippen LogP contribution is -2.07. The zero-order valence-electron chi connectivity index (χ0n) is 11.1. The minimum Gasteiger partial charge on any atom is -0.494 e. The first-order valence-electron chi connectivity index (χ1n) is 6.21. The number of hydrogen-bond donors (Lipinski definition) is 2. The molecule has 0 bridgehead atoms. The van der Waals surface area contributed by atoms with Crippen molar-refractivity contribution in [2.24, 2.45) is 0 Å². The van der Waals surface area contributed by atoms with Crippen LogP contribution in [0.2, 0.25) is 0 Å². The van der Waals surface area contributed by atoms with Gasteiger partial charge in [-0.05, 0) is 24.1 Å². The second kappa shape index (κ2) is 6.23. The van der Waals surface area contributed by atoms with E-state index >= 15 is 0 Å². The van der Waals surface area contributed by atoms with Gasteiger partial charge in [-0.15, -0.1) is 0 Å². The second-order valence-electron chi connectivity index (χ2n) is 4.38. The lowest BCUT2D eigenvalue weighted by Gasteiger charge is -2.11. The molecule has 0 amide bonds. The lowest BCUT2D eigenvalue weighted by molar-refractivity contribution is 0.387. The molecule has 2 aromatic carbocycles. The summed E-state index contributed by atoms with van der Waals surface area (Å²) in [5, 5.41) is 3.11. The minimum atomic E-state index is -0.492. The van der Waals surface area contributed by atoms with Gasteiger partial charge in [0.2, 0.25) is 0 Å². The number of rotatable bonds is 5. The van der Waals surface area contributed by atoms with Crippen molar-refractivity contribution in [3.05, 3.63) is 53.6 Å². The first kappa shape index (κ1) is 14.1. The quantitative estimate of drug-likeness (QED) is 0.826. The Bertz CT molecular complexity index is 585. The Morgan fingerprint density at radius 3 is 2.50 bits per heavy atom. The van der Waals surface area contributed by atoms with E-state index in [2.05, 4.69) is 5.32 Å². The molecule has 0 aromatic heterocycles. The van der Waals surface area contributed by atoms with Gasteiger partial charge in [-0.25, -0.2) is 8.78 Å². The van der Waals surface area contributed by atoms with Crippen LogP contribution in [0.15, 0.2) is 36.4 Å². The summed E-state index contributed by atoms with van der Waals surface area (Å²) in [5.41, 5.74) is 7.68. The number of hydrogen-bond acceptors (Lipinski definition) is 3. The van der Waals surface area contributed by atoms with Crippen molar-refractivity contribution in [2.75, 3.05) is 24.7 Å². The molecular weight excluding hydrogens is 262 g/mol. The van der Waals surface area contributed by atoms with Crippen molar-refractivity contribution in [1.29, 1.82) is 0 Å². The van der Waals surface area contributed by atoms with Crippen LogP contribution in [0.1, 0.15) is 5.56 Å². The fourth-order valence-electron chi connectivity index (χ4n) is 1.87. The Morgan fingerprint density at radius 1 is 1.15 bits per heavy atom. The standard InChI is InChI=1S/C15H16F2N2O/c1-20-15-9-14(13(18)8-12(15)17)19-7-6-10-2-4-11(16)5-3-10/h2-5,8-9,19H,6-7,18H2,1H3. The summed E-state index contributed by atoms with van der Waals surface area (Å²) < 4.78 is 31.1. The van der Waals surface area contributed by atoms with Crippen molar-refractivity contribution in [3.8, 4) is 5.75 Å². The van der Waals surface area contributed by atoms with Crippen molar-refractivity contribution < 1.29 is 13.5 Å². The molecule has 0 heterocycles. The van der Waals surface area contributed by atoms with E-state index in [-0.39, 0.29) is 11.6 Å². The van der Waals surface area contributed by atoms with Crippen LogP contribution in [0.25, 0.3) is 0 Å². The first-order valence-corrected chi connectivity index (χ1v) is 6.21. The van der Waals surface area contributed by atoms with E-state index in [1.807, 2.05) is 0 Å². The van der Waals surface area contributed by atoms with Crippen LogP contribution in [0.3, 0.4) is 0 Å². The number of nitrogens with two attached hydrogens (primary N) is 1. The van der Waals surface area contributed by atoms with Crippen LogP contribution >= 0.6 is 0 Å². The normalized spacial score (nSPS) is 10.3. The summed E-state index contributed by atoms with van der Waals surface area (Å²) in [6.07, 6.45) is 0.708. The summed E-state index contributed by atoms with van der Waals surface area (Å²) in [7, 11) is 1.40. The average Bonchev–Trinajstić information content (AvgIpc) is 2.43. The average molecular weight is 278 g/mol. The Kier molecular flexibility index (Phi) is 4.40. The monoisotopic (exact) mass is 278 g/mol. The Hall–Kier alpha value is -2.30. The fraction of sp³-hybridized carbons (Fsp3) is 0.200. The van der Waals surface area contributed by atoms with E-state index in [0.29, 0.717) is 24.3 Å². The summed E-state index contributed by atoms with van der Waals surface area (Å²) in [6, 6.07) is 9.04. The Labute approximate surface area is 116 Å². The Balaban J connectivity index is 1.98. The fourth-order valence-corrected chi connectivity index (χ4v) is 1.87. The van der Waals surface area contributed by atoms with E-state index in [1.165, 1.54) is 31.4 Å². The van der Waals surface area contributed by atoms with Crippen LogP contribution in [-0.4, -0.2) is 13.7 Å². The van der Waals surface area contributed by atoms with E-state index < -0.39 is 5.82 Å². The van der Waals surface area contributed by atoms with Crippen molar-refractivity contribution >= 4 is 11.4 Å². The first-order chi connectivity index (χ1) is 9.60.